The molecule has 1 N–H and O–H groups in total. The smallest absolute Gasteiger partial charge is 0.414 e. The van der Waals surface area contributed by atoms with E-state index in [9.17, 15) is 14.4 Å². The van der Waals surface area contributed by atoms with Crippen LogP contribution in [0.25, 0.3) is 0 Å². The van der Waals surface area contributed by atoms with E-state index in [0.29, 0.717) is 37.2 Å². The second-order valence-electron chi connectivity index (χ2n) is 6.19. The molecule has 1 aromatic carbocycles. The average Bonchev–Trinajstić information content (AvgIpc) is 3.04. The number of nitrogens with one attached hydrogen (secondary N) is 1. The van der Waals surface area contributed by atoms with Gasteiger partial charge < -0.3 is 10.1 Å². The Labute approximate surface area is 147 Å². The Kier molecular flexibility index (Phi) is 3.81. The van der Waals surface area contributed by atoms with E-state index < -0.39 is 17.3 Å². The SMILES string of the molecule is N#CC1(c2ccc(N3C[C@H](CNc4nccs4)OC3=O)cc2F)CC1. The summed E-state index contributed by atoms with van der Waals surface area (Å²) in [7, 11) is 0. The van der Waals surface area contributed by atoms with E-state index in [4.69, 9.17) is 4.74 Å². The summed E-state index contributed by atoms with van der Waals surface area (Å²) in [6.45, 7) is 0.771. The van der Waals surface area contributed by atoms with Gasteiger partial charge in [-0.25, -0.2) is 14.2 Å². The van der Waals surface area contributed by atoms with Gasteiger partial charge in [-0.15, -0.1) is 11.3 Å². The van der Waals surface area contributed by atoms with E-state index in [2.05, 4.69) is 16.4 Å². The van der Waals surface area contributed by atoms with Crippen molar-refractivity contribution < 1.29 is 13.9 Å². The highest BCUT2D eigenvalue weighted by Gasteiger charge is 2.47. The van der Waals surface area contributed by atoms with Crippen molar-refractivity contribution in [1.29, 1.82) is 5.26 Å². The fourth-order valence-corrected chi connectivity index (χ4v) is 3.52. The molecule has 2 fully saturated rings. The number of benzene rings is 1. The molecule has 0 unspecified atom stereocenters. The molecule has 25 heavy (non-hydrogen) atoms. The summed E-state index contributed by atoms with van der Waals surface area (Å²) < 4.78 is 19.8. The van der Waals surface area contributed by atoms with Crippen LogP contribution in [0.15, 0.2) is 29.8 Å². The van der Waals surface area contributed by atoms with Crippen molar-refractivity contribution in [3.05, 3.63) is 41.2 Å². The molecule has 1 saturated carbocycles. The van der Waals surface area contributed by atoms with Crippen molar-refractivity contribution in [2.24, 2.45) is 0 Å². The number of carbonyl (C=O) groups is 1. The lowest BCUT2D eigenvalue weighted by Gasteiger charge is -2.15. The molecule has 4 rings (SSSR count). The lowest BCUT2D eigenvalue weighted by atomic mass is 9.97. The number of nitrogens with zero attached hydrogens (tertiary/aromatic N) is 3. The fraction of sp³-hybridized carbons (Fsp3) is 0.353. The zero-order valence-electron chi connectivity index (χ0n) is 13.2. The molecule has 1 aliphatic carbocycles. The molecule has 8 heteroatoms. The molecule has 1 aliphatic heterocycles. The number of anilines is 2. The zero-order valence-corrected chi connectivity index (χ0v) is 14.1. The largest absolute Gasteiger partial charge is 0.442 e. The van der Waals surface area contributed by atoms with Gasteiger partial charge in [0, 0.05) is 17.1 Å². The van der Waals surface area contributed by atoms with Crippen LogP contribution in [0.5, 0.6) is 0 Å². The first-order valence-electron chi connectivity index (χ1n) is 7.94. The van der Waals surface area contributed by atoms with Crippen LogP contribution in [0.4, 0.5) is 20.0 Å². The van der Waals surface area contributed by atoms with Crippen molar-refractivity contribution in [3.8, 4) is 6.07 Å². The molecular weight excluding hydrogens is 343 g/mol. The first-order chi connectivity index (χ1) is 12.1. The number of amides is 1. The predicted octanol–water partition coefficient (Wildman–Crippen LogP) is 3.27. The van der Waals surface area contributed by atoms with Crippen molar-refractivity contribution in [1.82, 2.24) is 4.98 Å². The van der Waals surface area contributed by atoms with Gasteiger partial charge >= 0.3 is 6.09 Å². The van der Waals surface area contributed by atoms with E-state index >= 15 is 0 Å². The van der Waals surface area contributed by atoms with Gasteiger partial charge in [-0.3, -0.25) is 4.90 Å². The van der Waals surface area contributed by atoms with Crippen LogP contribution < -0.4 is 10.2 Å². The Balaban J connectivity index is 1.46. The predicted molar refractivity (Wildman–Crippen MR) is 91.1 cm³/mol. The molecule has 6 nitrogen and oxygen atoms in total. The minimum absolute atomic E-state index is 0.333. The molecule has 1 amide bonds. The van der Waals surface area contributed by atoms with E-state index in [1.54, 1.807) is 18.3 Å². The lowest BCUT2D eigenvalue weighted by Crippen LogP contribution is -2.27. The highest BCUT2D eigenvalue weighted by atomic mass is 32.1. The van der Waals surface area contributed by atoms with Crippen LogP contribution >= 0.6 is 11.3 Å². The molecule has 2 aliphatic rings. The van der Waals surface area contributed by atoms with Crippen molar-refractivity contribution in [3.63, 3.8) is 0 Å². The van der Waals surface area contributed by atoms with Crippen molar-refractivity contribution >= 4 is 28.2 Å². The number of cyclic esters (lactones) is 1. The summed E-state index contributed by atoms with van der Waals surface area (Å²) in [5.74, 6) is -0.450. The number of carbonyl (C=O) groups excluding carboxylic acids is 1. The first-order valence-corrected chi connectivity index (χ1v) is 8.82. The molecule has 0 radical (unpaired) electrons. The van der Waals surface area contributed by atoms with Crippen LogP contribution in [-0.4, -0.2) is 30.3 Å². The maximum Gasteiger partial charge on any atom is 0.414 e. The number of rotatable bonds is 5. The minimum Gasteiger partial charge on any atom is -0.442 e. The third kappa shape index (κ3) is 2.91. The number of nitriles is 1. The highest BCUT2D eigenvalue weighted by molar-refractivity contribution is 7.13. The molecule has 2 aromatic rings. The maximum absolute atomic E-state index is 14.4. The quantitative estimate of drug-likeness (QED) is 0.887. The van der Waals surface area contributed by atoms with Gasteiger partial charge in [-0.05, 0) is 25.0 Å². The minimum atomic E-state index is -0.686. The van der Waals surface area contributed by atoms with Gasteiger partial charge in [0.15, 0.2) is 5.13 Å². The van der Waals surface area contributed by atoms with Crippen LogP contribution in [-0.2, 0) is 10.2 Å². The number of ether oxygens (including phenoxy) is 1. The van der Waals surface area contributed by atoms with E-state index in [0.717, 1.165) is 5.13 Å². The summed E-state index contributed by atoms with van der Waals surface area (Å²) in [6, 6.07) is 6.78. The van der Waals surface area contributed by atoms with Crippen LogP contribution in [0.1, 0.15) is 18.4 Å². The average molecular weight is 358 g/mol. The van der Waals surface area contributed by atoms with Gasteiger partial charge in [0.05, 0.1) is 30.3 Å². The first kappa shape index (κ1) is 15.8. The summed E-state index contributed by atoms with van der Waals surface area (Å²) in [5.41, 5.74) is 0.166. The van der Waals surface area contributed by atoms with Gasteiger partial charge in [-0.1, -0.05) is 6.07 Å². The van der Waals surface area contributed by atoms with E-state index in [1.807, 2.05) is 5.38 Å². The Hall–Kier alpha value is -2.66. The molecule has 2 heterocycles. The third-order valence-corrected chi connectivity index (χ3v) is 5.26. The number of aromatic nitrogens is 1. The van der Waals surface area contributed by atoms with Gasteiger partial charge in [-0.2, -0.15) is 5.26 Å². The molecule has 1 saturated heterocycles. The Morgan fingerprint density at radius 3 is 3.00 bits per heavy atom. The topological polar surface area (TPSA) is 78.2 Å². The third-order valence-electron chi connectivity index (χ3n) is 4.53. The van der Waals surface area contributed by atoms with Crippen molar-refractivity contribution in [2.75, 3.05) is 23.3 Å². The highest BCUT2D eigenvalue weighted by Crippen LogP contribution is 2.48. The second-order valence-corrected chi connectivity index (χ2v) is 7.09. The summed E-state index contributed by atoms with van der Waals surface area (Å²) in [6.07, 6.45) is 2.21. The fourth-order valence-electron chi connectivity index (χ4n) is 2.98. The van der Waals surface area contributed by atoms with E-state index in [-0.39, 0.29) is 6.10 Å². The lowest BCUT2D eigenvalue weighted by molar-refractivity contribution is 0.147. The number of hydrogen-bond donors (Lipinski definition) is 1. The van der Waals surface area contributed by atoms with E-state index in [1.165, 1.54) is 22.3 Å². The van der Waals surface area contributed by atoms with Crippen molar-refractivity contribution in [2.45, 2.75) is 24.4 Å². The summed E-state index contributed by atoms with van der Waals surface area (Å²) in [5, 5.41) is 14.9. The Bertz CT molecular complexity index is 845. The van der Waals surface area contributed by atoms with Crippen LogP contribution in [0.3, 0.4) is 0 Å². The number of thiazole rings is 1. The second kappa shape index (κ2) is 6.01. The normalized spacial score (nSPS) is 20.9. The van der Waals surface area contributed by atoms with Crippen LogP contribution in [0, 0.1) is 17.1 Å². The molecular formula is C17H15FN4O2S. The number of hydrogen-bond acceptors (Lipinski definition) is 6. The monoisotopic (exact) mass is 358 g/mol. The van der Waals surface area contributed by atoms with Crippen LogP contribution in [0.2, 0.25) is 0 Å². The van der Waals surface area contributed by atoms with Gasteiger partial charge in [0.1, 0.15) is 11.9 Å². The molecule has 1 aromatic heterocycles. The van der Waals surface area contributed by atoms with Gasteiger partial charge in [0.2, 0.25) is 0 Å². The molecule has 128 valence electrons. The summed E-state index contributed by atoms with van der Waals surface area (Å²) >= 11 is 1.47. The Morgan fingerprint density at radius 2 is 2.36 bits per heavy atom. The van der Waals surface area contributed by atoms with Gasteiger partial charge in [0.25, 0.3) is 0 Å². The number of halogens is 1. The molecule has 1 atom stereocenters. The summed E-state index contributed by atoms with van der Waals surface area (Å²) in [4.78, 5) is 17.6. The molecule has 0 bridgehead atoms. The standard InChI is InChI=1S/C17H15FN4O2S/c18-14-7-11(1-2-13(14)17(10-19)3-4-17)22-9-12(24-16(22)23)8-21-15-20-5-6-25-15/h1-2,5-7,12H,3-4,8-9H2,(H,20,21)/t12-/m0/s1. The maximum atomic E-state index is 14.4. The zero-order chi connectivity index (χ0) is 17.4. The molecule has 0 spiro atoms. The Morgan fingerprint density at radius 1 is 1.52 bits per heavy atom.